The Morgan fingerprint density at radius 2 is 1.80 bits per heavy atom. The van der Waals surface area contributed by atoms with Crippen LogP contribution in [0.4, 0.5) is 0 Å². The summed E-state index contributed by atoms with van der Waals surface area (Å²) in [6, 6.07) is 17.3. The second-order valence-corrected chi connectivity index (χ2v) is 5.62. The van der Waals surface area contributed by atoms with E-state index in [1.54, 1.807) is 11.8 Å². The molecule has 0 saturated heterocycles. The smallest absolute Gasteiger partial charge is 0.320 e. The molecule has 0 amide bonds. The van der Waals surface area contributed by atoms with Crippen LogP contribution in [0.15, 0.2) is 59.5 Å². The molecule has 0 aliphatic carbocycles. The number of thioether (sulfide) groups is 1. The summed E-state index contributed by atoms with van der Waals surface area (Å²) in [6.45, 7) is 0. The highest BCUT2D eigenvalue weighted by Gasteiger charge is 2.12. The van der Waals surface area contributed by atoms with Crippen molar-refractivity contribution in [3.05, 3.63) is 65.7 Å². The molecule has 0 aromatic heterocycles. The van der Waals surface area contributed by atoms with Gasteiger partial charge in [-0.05, 0) is 29.7 Å². The van der Waals surface area contributed by atoms with Gasteiger partial charge in [-0.1, -0.05) is 42.5 Å². The quantitative estimate of drug-likeness (QED) is 0.802. The van der Waals surface area contributed by atoms with Crippen molar-refractivity contribution < 1.29 is 9.90 Å². The molecule has 0 unspecified atom stereocenters. The standard InChI is InChI=1S/C16H17NO2S/c17-15(16(18)19)10-13-7-4-8-14(9-13)20-11-12-5-2-1-3-6-12/h1-9,15H,10-11,17H2,(H,18,19)/t15-/m0/s1. The molecule has 4 heteroatoms. The number of hydrogen-bond donors (Lipinski definition) is 2. The van der Waals surface area contributed by atoms with Gasteiger partial charge in [0, 0.05) is 10.6 Å². The maximum atomic E-state index is 10.8. The number of carbonyl (C=O) groups is 1. The summed E-state index contributed by atoms with van der Waals surface area (Å²) in [6.07, 6.45) is 0.356. The molecule has 0 aliphatic rings. The largest absolute Gasteiger partial charge is 0.480 e. The van der Waals surface area contributed by atoms with Crippen molar-refractivity contribution in [1.82, 2.24) is 0 Å². The molecule has 0 saturated carbocycles. The Balaban J connectivity index is 1.97. The van der Waals surface area contributed by atoms with E-state index in [0.29, 0.717) is 6.42 Å². The van der Waals surface area contributed by atoms with E-state index in [-0.39, 0.29) is 0 Å². The van der Waals surface area contributed by atoms with Crippen LogP contribution in [0.3, 0.4) is 0 Å². The molecule has 2 aromatic carbocycles. The zero-order valence-corrected chi connectivity index (χ0v) is 11.8. The summed E-state index contributed by atoms with van der Waals surface area (Å²) in [5, 5.41) is 8.83. The van der Waals surface area contributed by atoms with Crippen molar-refractivity contribution in [2.24, 2.45) is 5.73 Å². The van der Waals surface area contributed by atoms with Crippen molar-refractivity contribution in [2.45, 2.75) is 23.1 Å². The second kappa shape index (κ2) is 7.12. The summed E-state index contributed by atoms with van der Waals surface area (Å²) < 4.78 is 0. The predicted octanol–water partition coefficient (Wildman–Crippen LogP) is 2.93. The maximum Gasteiger partial charge on any atom is 0.320 e. The Hall–Kier alpha value is -1.78. The molecule has 2 aromatic rings. The molecular formula is C16H17NO2S. The molecule has 0 fully saturated rings. The summed E-state index contributed by atoms with van der Waals surface area (Å²) in [5.41, 5.74) is 7.78. The number of aliphatic carboxylic acids is 1. The molecule has 0 aliphatic heterocycles. The minimum atomic E-state index is -0.965. The first kappa shape index (κ1) is 14.6. The fourth-order valence-corrected chi connectivity index (χ4v) is 2.78. The molecular weight excluding hydrogens is 270 g/mol. The summed E-state index contributed by atoms with van der Waals surface area (Å²) in [4.78, 5) is 11.9. The van der Waals surface area contributed by atoms with Crippen LogP contribution in [0, 0.1) is 0 Å². The predicted molar refractivity (Wildman–Crippen MR) is 81.8 cm³/mol. The van der Waals surface area contributed by atoms with Crippen LogP contribution in [0.25, 0.3) is 0 Å². The van der Waals surface area contributed by atoms with E-state index in [0.717, 1.165) is 16.2 Å². The zero-order valence-electron chi connectivity index (χ0n) is 11.0. The first-order chi connectivity index (χ1) is 9.65. The third-order valence-electron chi connectivity index (χ3n) is 2.92. The van der Waals surface area contributed by atoms with Crippen LogP contribution in [0.1, 0.15) is 11.1 Å². The van der Waals surface area contributed by atoms with Gasteiger partial charge in [-0.2, -0.15) is 0 Å². The first-order valence-corrected chi connectivity index (χ1v) is 7.38. The first-order valence-electron chi connectivity index (χ1n) is 6.39. The summed E-state index contributed by atoms with van der Waals surface area (Å²) in [7, 11) is 0. The Labute approximate surface area is 122 Å². The van der Waals surface area contributed by atoms with Gasteiger partial charge in [0.25, 0.3) is 0 Å². The van der Waals surface area contributed by atoms with Crippen LogP contribution >= 0.6 is 11.8 Å². The molecule has 3 nitrogen and oxygen atoms in total. The van der Waals surface area contributed by atoms with Crippen molar-refractivity contribution in [3.8, 4) is 0 Å². The lowest BCUT2D eigenvalue weighted by molar-refractivity contribution is -0.138. The molecule has 104 valence electrons. The van der Waals surface area contributed by atoms with Gasteiger partial charge in [-0.25, -0.2) is 0 Å². The number of rotatable bonds is 6. The highest BCUT2D eigenvalue weighted by atomic mass is 32.2. The molecule has 0 spiro atoms. The van der Waals surface area contributed by atoms with Crippen LogP contribution < -0.4 is 5.73 Å². The molecule has 0 radical (unpaired) electrons. The van der Waals surface area contributed by atoms with Crippen LogP contribution in [0.5, 0.6) is 0 Å². The Morgan fingerprint density at radius 3 is 2.50 bits per heavy atom. The monoisotopic (exact) mass is 287 g/mol. The summed E-state index contributed by atoms with van der Waals surface area (Å²) in [5.74, 6) is -0.0673. The van der Waals surface area contributed by atoms with Crippen molar-refractivity contribution >= 4 is 17.7 Å². The number of hydrogen-bond acceptors (Lipinski definition) is 3. The Morgan fingerprint density at radius 1 is 1.10 bits per heavy atom. The lowest BCUT2D eigenvalue weighted by Gasteiger charge is -2.08. The lowest BCUT2D eigenvalue weighted by atomic mass is 10.1. The Kier molecular flexibility index (Phi) is 5.21. The normalized spacial score (nSPS) is 12.1. The lowest BCUT2D eigenvalue weighted by Crippen LogP contribution is -2.32. The molecule has 0 bridgehead atoms. The fraction of sp³-hybridized carbons (Fsp3) is 0.188. The minimum absolute atomic E-state index is 0.356. The SMILES string of the molecule is N[C@@H](Cc1cccc(SCc2ccccc2)c1)C(=O)O. The van der Waals surface area contributed by atoms with E-state index >= 15 is 0 Å². The highest BCUT2D eigenvalue weighted by Crippen LogP contribution is 2.23. The van der Waals surface area contributed by atoms with E-state index in [9.17, 15) is 4.79 Å². The van der Waals surface area contributed by atoms with Crippen LogP contribution in [-0.4, -0.2) is 17.1 Å². The van der Waals surface area contributed by atoms with Crippen LogP contribution in [-0.2, 0) is 17.0 Å². The van der Waals surface area contributed by atoms with Gasteiger partial charge in [-0.15, -0.1) is 11.8 Å². The van der Waals surface area contributed by atoms with E-state index in [2.05, 4.69) is 12.1 Å². The maximum absolute atomic E-state index is 10.8. The Bertz CT molecular complexity index is 572. The van der Waals surface area contributed by atoms with Crippen molar-refractivity contribution in [3.63, 3.8) is 0 Å². The minimum Gasteiger partial charge on any atom is -0.480 e. The molecule has 2 rings (SSSR count). The van der Waals surface area contributed by atoms with Gasteiger partial charge >= 0.3 is 5.97 Å². The second-order valence-electron chi connectivity index (χ2n) is 4.57. The third-order valence-corrected chi connectivity index (χ3v) is 3.98. The molecule has 3 N–H and O–H groups in total. The van der Waals surface area contributed by atoms with Gasteiger partial charge in [0.1, 0.15) is 6.04 Å². The molecule has 1 atom stereocenters. The van der Waals surface area contributed by atoms with E-state index in [1.165, 1.54) is 5.56 Å². The van der Waals surface area contributed by atoms with Gasteiger partial charge in [0.15, 0.2) is 0 Å². The zero-order chi connectivity index (χ0) is 14.4. The number of benzene rings is 2. The van der Waals surface area contributed by atoms with E-state index in [1.807, 2.05) is 42.5 Å². The highest BCUT2D eigenvalue weighted by molar-refractivity contribution is 7.98. The molecule has 0 heterocycles. The molecule has 20 heavy (non-hydrogen) atoms. The van der Waals surface area contributed by atoms with Gasteiger partial charge in [0.2, 0.25) is 0 Å². The van der Waals surface area contributed by atoms with Gasteiger partial charge in [0.05, 0.1) is 0 Å². The fourth-order valence-electron chi connectivity index (χ4n) is 1.84. The third kappa shape index (κ3) is 4.40. The van der Waals surface area contributed by atoms with Crippen molar-refractivity contribution in [1.29, 1.82) is 0 Å². The average molecular weight is 287 g/mol. The number of carboxylic acids is 1. The number of carboxylic acid groups (broad SMARTS) is 1. The topological polar surface area (TPSA) is 63.3 Å². The van der Waals surface area contributed by atoms with E-state index in [4.69, 9.17) is 10.8 Å². The van der Waals surface area contributed by atoms with Crippen molar-refractivity contribution in [2.75, 3.05) is 0 Å². The number of nitrogens with two attached hydrogens (primary N) is 1. The van der Waals surface area contributed by atoms with Gasteiger partial charge in [-0.3, -0.25) is 4.79 Å². The van der Waals surface area contributed by atoms with Gasteiger partial charge < -0.3 is 10.8 Å². The summed E-state index contributed by atoms with van der Waals surface area (Å²) >= 11 is 1.73. The van der Waals surface area contributed by atoms with E-state index < -0.39 is 12.0 Å². The van der Waals surface area contributed by atoms with Crippen LogP contribution in [0.2, 0.25) is 0 Å². The average Bonchev–Trinajstić information content (AvgIpc) is 2.46.